The Morgan fingerprint density at radius 1 is 1.56 bits per heavy atom. The summed E-state index contributed by atoms with van der Waals surface area (Å²) in [5.74, 6) is 0.628. The standard InChI is InChI=1S/C12H12ClIN2O2/c13-9-4-10(14)12(18-6-7(17)5-15)11-8(9)2-1-3-16-11/h1-4,7,17H,5-6,15H2/t7-/m0/s1. The van der Waals surface area contributed by atoms with E-state index < -0.39 is 6.10 Å². The van der Waals surface area contributed by atoms with E-state index in [9.17, 15) is 5.11 Å². The van der Waals surface area contributed by atoms with Gasteiger partial charge in [0.1, 0.15) is 18.2 Å². The molecule has 0 spiro atoms. The van der Waals surface area contributed by atoms with Crippen molar-refractivity contribution in [1.82, 2.24) is 4.98 Å². The van der Waals surface area contributed by atoms with E-state index in [1.54, 1.807) is 6.20 Å². The second-order valence-corrected chi connectivity index (χ2v) is 5.34. The normalized spacial score (nSPS) is 12.7. The first-order valence-corrected chi connectivity index (χ1v) is 6.82. The molecule has 2 aromatic rings. The van der Waals surface area contributed by atoms with E-state index in [1.165, 1.54) is 0 Å². The van der Waals surface area contributed by atoms with Crippen LogP contribution in [0.5, 0.6) is 5.75 Å². The number of aliphatic hydroxyl groups is 1. The van der Waals surface area contributed by atoms with Crippen LogP contribution in [0.2, 0.25) is 5.02 Å². The molecule has 0 fully saturated rings. The molecule has 0 unspecified atom stereocenters. The van der Waals surface area contributed by atoms with Crippen molar-refractivity contribution in [2.45, 2.75) is 6.10 Å². The molecule has 0 saturated carbocycles. The van der Waals surface area contributed by atoms with Crippen molar-refractivity contribution in [3.63, 3.8) is 0 Å². The molecule has 0 bridgehead atoms. The maximum Gasteiger partial charge on any atom is 0.159 e. The number of aromatic nitrogens is 1. The Morgan fingerprint density at radius 3 is 3.06 bits per heavy atom. The Bertz CT molecular complexity index is 565. The average Bonchev–Trinajstić information content (AvgIpc) is 2.38. The van der Waals surface area contributed by atoms with E-state index >= 15 is 0 Å². The van der Waals surface area contributed by atoms with Crippen molar-refractivity contribution < 1.29 is 9.84 Å². The fourth-order valence-corrected chi connectivity index (χ4v) is 2.70. The first-order valence-electron chi connectivity index (χ1n) is 5.37. The molecule has 3 N–H and O–H groups in total. The van der Waals surface area contributed by atoms with Crippen LogP contribution >= 0.6 is 34.2 Å². The topological polar surface area (TPSA) is 68.4 Å². The molecular weight excluding hydrogens is 367 g/mol. The molecule has 1 atom stereocenters. The molecule has 6 heteroatoms. The molecule has 1 aromatic carbocycles. The second kappa shape index (κ2) is 6.01. The van der Waals surface area contributed by atoms with Gasteiger partial charge in [0, 0.05) is 18.1 Å². The minimum absolute atomic E-state index is 0.139. The van der Waals surface area contributed by atoms with Crippen molar-refractivity contribution in [2.24, 2.45) is 5.73 Å². The zero-order valence-electron chi connectivity index (χ0n) is 9.44. The maximum absolute atomic E-state index is 9.44. The molecule has 4 nitrogen and oxygen atoms in total. The van der Waals surface area contributed by atoms with Gasteiger partial charge in [0.15, 0.2) is 5.75 Å². The summed E-state index contributed by atoms with van der Waals surface area (Å²) in [6, 6.07) is 5.52. The summed E-state index contributed by atoms with van der Waals surface area (Å²) in [5.41, 5.74) is 6.04. The second-order valence-electron chi connectivity index (χ2n) is 3.77. The molecule has 0 aliphatic heterocycles. The molecule has 2 rings (SSSR count). The number of halogens is 2. The van der Waals surface area contributed by atoms with Gasteiger partial charge in [0.2, 0.25) is 0 Å². The van der Waals surface area contributed by atoms with E-state index in [0.29, 0.717) is 16.3 Å². The number of ether oxygens (including phenoxy) is 1. The third-order valence-corrected chi connectivity index (χ3v) is 3.56. The monoisotopic (exact) mass is 378 g/mol. The third-order valence-electron chi connectivity index (χ3n) is 2.44. The minimum atomic E-state index is -0.685. The van der Waals surface area contributed by atoms with Crippen LogP contribution in [0.25, 0.3) is 10.9 Å². The van der Waals surface area contributed by atoms with Gasteiger partial charge in [-0.15, -0.1) is 0 Å². The van der Waals surface area contributed by atoms with Gasteiger partial charge in [-0.1, -0.05) is 11.6 Å². The van der Waals surface area contributed by atoms with Gasteiger partial charge >= 0.3 is 0 Å². The van der Waals surface area contributed by atoms with Crippen molar-refractivity contribution in [3.05, 3.63) is 33.0 Å². The summed E-state index contributed by atoms with van der Waals surface area (Å²) in [5, 5.41) is 10.9. The Morgan fingerprint density at radius 2 is 2.33 bits per heavy atom. The lowest BCUT2D eigenvalue weighted by molar-refractivity contribution is 0.114. The zero-order valence-corrected chi connectivity index (χ0v) is 12.4. The summed E-state index contributed by atoms with van der Waals surface area (Å²) in [6.45, 7) is 0.301. The van der Waals surface area contributed by atoms with Crippen molar-refractivity contribution in [1.29, 1.82) is 0 Å². The van der Waals surface area contributed by atoms with Crippen LogP contribution in [0.4, 0.5) is 0 Å². The smallest absolute Gasteiger partial charge is 0.159 e. The molecule has 0 saturated heterocycles. The van der Waals surface area contributed by atoms with Crippen LogP contribution < -0.4 is 10.5 Å². The molecule has 0 aliphatic rings. The van der Waals surface area contributed by atoms with Gasteiger partial charge in [0.25, 0.3) is 0 Å². The molecule has 1 heterocycles. The van der Waals surface area contributed by atoms with Crippen LogP contribution in [0.15, 0.2) is 24.4 Å². The summed E-state index contributed by atoms with van der Waals surface area (Å²) >= 11 is 8.29. The van der Waals surface area contributed by atoms with Crippen LogP contribution in [0.1, 0.15) is 0 Å². The van der Waals surface area contributed by atoms with Crippen LogP contribution in [0, 0.1) is 3.57 Å². The summed E-state index contributed by atoms with van der Waals surface area (Å²) in [4.78, 5) is 4.28. The number of rotatable bonds is 4. The van der Waals surface area contributed by atoms with E-state index in [2.05, 4.69) is 27.6 Å². The molecule has 0 aliphatic carbocycles. The lowest BCUT2D eigenvalue weighted by Gasteiger charge is -2.14. The number of benzene rings is 1. The summed E-state index contributed by atoms with van der Waals surface area (Å²) in [7, 11) is 0. The number of hydrogen-bond acceptors (Lipinski definition) is 4. The zero-order chi connectivity index (χ0) is 13.1. The Labute approximate surface area is 123 Å². The molecule has 1 aromatic heterocycles. The predicted octanol–water partition coefficient (Wildman–Crippen LogP) is 2.19. The van der Waals surface area contributed by atoms with Crippen LogP contribution in [0.3, 0.4) is 0 Å². The number of nitrogens with two attached hydrogens (primary N) is 1. The Hall–Kier alpha value is -0.630. The minimum Gasteiger partial charge on any atom is -0.487 e. The van der Waals surface area contributed by atoms with Gasteiger partial charge in [-0.3, -0.25) is 4.98 Å². The van der Waals surface area contributed by atoms with Gasteiger partial charge in [-0.05, 0) is 40.8 Å². The maximum atomic E-state index is 9.44. The Balaban J connectivity index is 2.43. The van der Waals surface area contributed by atoms with E-state index in [1.807, 2.05) is 18.2 Å². The lowest BCUT2D eigenvalue weighted by Crippen LogP contribution is -2.26. The number of nitrogens with zero attached hydrogens (tertiary/aromatic N) is 1. The van der Waals surface area contributed by atoms with Crippen LogP contribution in [-0.4, -0.2) is 29.3 Å². The molecule has 0 radical (unpaired) electrons. The van der Waals surface area contributed by atoms with Gasteiger partial charge < -0.3 is 15.6 Å². The van der Waals surface area contributed by atoms with E-state index in [4.69, 9.17) is 22.1 Å². The van der Waals surface area contributed by atoms with Crippen LogP contribution in [-0.2, 0) is 0 Å². The fraction of sp³-hybridized carbons (Fsp3) is 0.250. The van der Waals surface area contributed by atoms with Crippen molar-refractivity contribution in [3.8, 4) is 5.75 Å². The highest BCUT2D eigenvalue weighted by Crippen LogP contribution is 2.34. The van der Waals surface area contributed by atoms with Gasteiger partial charge in [0.05, 0.1) is 8.59 Å². The van der Waals surface area contributed by atoms with Crippen molar-refractivity contribution >= 4 is 45.1 Å². The largest absolute Gasteiger partial charge is 0.487 e. The lowest BCUT2D eigenvalue weighted by atomic mass is 10.2. The first-order chi connectivity index (χ1) is 8.63. The molecule has 96 valence electrons. The number of hydrogen-bond donors (Lipinski definition) is 2. The first kappa shape index (κ1) is 13.8. The Kier molecular flexibility index (Phi) is 4.60. The van der Waals surface area contributed by atoms with E-state index in [0.717, 1.165) is 8.96 Å². The number of fused-ring (bicyclic) bond motifs is 1. The highest BCUT2D eigenvalue weighted by Gasteiger charge is 2.13. The fourth-order valence-electron chi connectivity index (χ4n) is 1.53. The summed E-state index contributed by atoms with van der Waals surface area (Å²) in [6.07, 6.45) is 0.997. The SMILES string of the molecule is NC[C@H](O)COc1c(I)cc(Cl)c2cccnc12. The average molecular weight is 379 g/mol. The quantitative estimate of drug-likeness (QED) is 0.800. The predicted molar refractivity (Wildman–Crippen MR) is 80.0 cm³/mol. The summed E-state index contributed by atoms with van der Waals surface area (Å²) < 4.78 is 6.45. The highest BCUT2D eigenvalue weighted by molar-refractivity contribution is 14.1. The van der Waals surface area contributed by atoms with E-state index in [-0.39, 0.29) is 13.2 Å². The molecular formula is C12H12ClIN2O2. The molecule has 0 amide bonds. The number of pyridine rings is 1. The third kappa shape index (κ3) is 2.85. The number of aliphatic hydroxyl groups excluding tert-OH is 1. The molecule has 18 heavy (non-hydrogen) atoms. The van der Waals surface area contributed by atoms with Crippen molar-refractivity contribution in [2.75, 3.05) is 13.2 Å². The highest BCUT2D eigenvalue weighted by atomic mass is 127. The van der Waals surface area contributed by atoms with Gasteiger partial charge in [-0.2, -0.15) is 0 Å². The van der Waals surface area contributed by atoms with Gasteiger partial charge in [-0.25, -0.2) is 0 Å².